The van der Waals surface area contributed by atoms with Crippen molar-refractivity contribution in [2.75, 3.05) is 0 Å². The highest BCUT2D eigenvalue weighted by molar-refractivity contribution is 5.92. The second-order valence-corrected chi connectivity index (χ2v) is 14.0. The molecule has 0 aliphatic rings. The fraction of sp³-hybridized carbons (Fsp3) is 0.900. The first-order valence-corrected chi connectivity index (χ1v) is 20.1. The van der Waals surface area contributed by atoms with Crippen LogP contribution in [0, 0.1) is 11.8 Å². The van der Waals surface area contributed by atoms with Crippen LogP contribution in [-0.4, -0.2) is 44.3 Å². The van der Waals surface area contributed by atoms with Crippen LogP contribution in [0.4, 0.5) is 0 Å². The Morgan fingerprint density at radius 1 is 0.354 bits per heavy atom. The third-order valence-corrected chi connectivity index (χ3v) is 9.37. The van der Waals surface area contributed by atoms with E-state index >= 15 is 0 Å². The Labute approximate surface area is 294 Å². The lowest BCUT2D eigenvalue weighted by Gasteiger charge is -2.09. The quantitative estimate of drug-likeness (QED) is 0.0376. The molecule has 0 bridgehead atoms. The number of rotatable bonds is 36. The van der Waals surface area contributed by atoms with E-state index in [1.165, 1.54) is 148 Å². The molecular weight excluding hydrogens is 608 g/mol. The van der Waals surface area contributed by atoms with Crippen LogP contribution >= 0.6 is 0 Å². The third-order valence-electron chi connectivity index (χ3n) is 9.37. The van der Waals surface area contributed by atoms with Gasteiger partial charge >= 0.3 is 23.9 Å². The van der Waals surface area contributed by atoms with Crippen molar-refractivity contribution in [1.82, 2.24) is 0 Å². The summed E-state index contributed by atoms with van der Waals surface area (Å²) in [6, 6.07) is 0. The summed E-state index contributed by atoms with van der Waals surface area (Å²) in [5, 5.41) is 35.2. The summed E-state index contributed by atoms with van der Waals surface area (Å²) >= 11 is 0. The molecule has 0 rings (SSSR count). The Kier molecular flexibility index (Phi) is 37.7. The van der Waals surface area contributed by atoms with Gasteiger partial charge in [0.2, 0.25) is 0 Å². The summed E-state index contributed by atoms with van der Waals surface area (Å²) in [6.07, 6.45) is 37.1. The maximum absolute atomic E-state index is 10.9. The molecule has 0 aromatic rings. The van der Waals surface area contributed by atoms with E-state index in [1.807, 2.05) is 0 Å². The zero-order valence-corrected chi connectivity index (χ0v) is 31.2. The molecule has 0 saturated heterocycles. The normalized spacial score (nSPS) is 11.6. The molecule has 0 spiro atoms. The Hall–Kier alpha value is -2.12. The lowest BCUT2D eigenvalue weighted by atomic mass is 9.97. The van der Waals surface area contributed by atoms with Gasteiger partial charge in [-0.1, -0.05) is 200 Å². The van der Waals surface area contributed by atoms with Crippen LogP contribution in [-0.2, 0) is 19.2 Å². The molecule has 0 saturated carbocycles. The number of carboxylic acids is 4. The third kappa shape index (κ3) is 36.7. The molecule has 0 amide bonds. The predicted octanol–water partition coefficient (Wildman–Crippen LogP) is 12.1. The van der Waals surface area contributed by atoms with Gasteiger partial charge in [-0.05, 0) is 12.8 Å². The molecule has 284 valence electrons. The van der Waals surface area contributed by atoms with Gasteiger partial charge in [-0.25, -0.2) is 0 Å². The van der Waals surface area contributed by atoms with Crippen molar-refractivity contribution in [3.05, 3.63) is 0 Å². The monoisotopic (exact) mass is 685 g/mol. The van der Waals surface area contributed by atoms with Crippen LogP contribution < -0.4 is 0 Å². The lowest BCUT2D eigenvalue weighted by Crippen LogP contribution is -2.23. The lowest BCUT2D eigenvalue weighted by molar-refractivity contribution is -0.155. The highest BCUT2D eigenvalue weighted by Crippen LogP contribution is 2.18. The van der Waals surface area contributed by atoms with Gasteiger partial charge in [0.1, 0.15) is 0 Å². The molecule has 48 heavy (non-hydrogen) atoms. The van der Waals surface area contributed by atoms with Gasteiger partial charge in [0.25, 0.3) is 0 Å². The minimum atomic E-state index is -1.23. The second kappa shape index (κ2) is 37.7. The number of aliphatic carboxylic acids is 4. The highest BCUT2D eigenvalue weighted by Gasteiger charge is 2.24. The van der Waals surface area contributed by atoms with E-state index in [1.54, 1.807) is 0 Å². The molecule has 4 N–H and O–H groups in total. The van der Waals surface area contributed by atoms with Crippen LogP contribution in [0.25, 0.3) is 0 Å². The second-order valence-electron chi connectivity index (χ2n) is 14.0. The zero-order valence-electron chi connectivity index (χ0n) is 31.2. The van der Waals surface area contributed by atoms with Crippen molar-refractivity contribution in [2.24, 2.45) is 11.8 Å². The van der Waals surface area contributed by atoms with Gasteiger partial charge < -0.3 is 20.4 Å². The van der Waals surface area contributed by atoms with Crippen molar-refractivity contribution >= 4 is 23.9 Å². The van der Waals surface area contributed by atoms with Crippen molar-refractivity contribution in [3.63, 3.8) is 0 Å². The Balaban J connectivity index is 0. The van der Waals surface area contributed by atoms with Gasteiger partial charge in [-0.3, -0.25) is 19.2 Å². The topological polar surface area (TPSA) is 149 Å². The van der Waals surface area contributed by atoms with Gasteiger partial charge in [0.05, 0.1) is 12.3 Å². The van der Waals surface area contributed by atoms with E-state index in [-0.39, 0.29) is 12.8 Å². The van der Waals surface area contributed by atoms with Crippen molar-refractivity contribution < 1.29 is 39.6 Å². The standard InChI is InChI=1S/C24H46O4.C16H30O4/c1-2-3-4-5-6-7-8-9-10-11-12-13-14-15-16-17-18-19-20-21-22(23(25)26)24(27)28;1-2-3-4-5-6-7-8-9-10-11-12-14(16(19)20)13-15(17)18/h22H,2-21H2,1H3,(H,25,26)(H,27,28);14H,2-13H2,1H3,(H,17,18)(H,19,20). The van der Waals surface area contributed by atoms with E-state index in [9.17, 15) is 19.2 Å². The molecule has 0 aliphatic carbocycles. The number of unbranched alkanes of at least 4 members (excludes halogenated alkanes) is 27. The van der Waals surface area contributed by atoms with Crippen molar-refractivity contribution in [3.8, 4) is 0 Å². The molecule has 8 nitrogen and oxygen atoms in total. The maximum atomic E-state index is 10.9. The first kappa shape index (κ1) is 48.0. The smallest absolute Gasteiger partial charge is 0.317 e. The van der Waals surface area contributed by atoms with Crippen molar-refractivity contribution in [2.45, 2.75) is 219 Å². The molecule has 0 aliphatic heterocycles. The predicted molar refractivity (Wildman–Crippen MR) is 197 cm³/mol. The molecule has 0 radical (unpaired) electrons. The van der Waals surface area contributed by atoms with Gasteiger partial charge in [-0.2, -0.15) is 0 Å². The maximum Gasteiger partial charge on any atom is 0.317 e. The van der Waals surface area contributed by atoms with Crippen molar-refractivity contribution in [1.29, 1.82) is 0 Å². The molecule has 0 fully saturated rings. The van der Waals surface area contributed by atoms with Crippen LogP contribution in [0.1, 0.15) is 219 Å². The summed E-state index contributed by atoms with van der Waals surface area (Å²) in [4.78, 5) is 43.0. The molecule has 0 aromatic heterocycles. The Morgan fingerprint density at radius 3 is 0.833 bits per heavy atom. The molecule has 8 heteroatoms. The number of carbonyl (C=O) groups is 4. The summed E-state index contributed by atoms with van der Waals surface area (Å²) < 4.78 is 0. The van der Waals surface area contributed by atoms with E-state index in [0.717, 1.165) is 32.1 Å². The molecule has 1 atom stereocenters. The van der Waals surface area contributed by atoms with Crippen LogP contribution in [0.3, 0.4) is 0 Å². The van der Waals surface area contributed by atoms with Gasteiger partial charge in [0, 0.05) is 0 Å². The van der Waals surface area contributed by atoms with Crippen LogP contribution in [0.15, 0.2) is 0 Å². The van der Waals surface area contributed by atoms with E-state index in [2.05, 4.69) is 13.8 Å². The van der Waals surface area contributed by atoms with Crippen LogP contribution in [0.5, 0.6) is 0 Å². The summed E-state index contributed by atoms with van der Waals surface area (Å²) in [5.41, 5.74) is 0. The van der Waals surface area contributed by atoms with Crippen LogP contribution in [0.2, 0.25) is 0 Å². The zero-order chi connectivity index (χ0) is 36.1. The Bertz CT molecular complexity index is 740. The van der Waals surface area contributed by atoms with Gasteiger partial charge in [0.15, 0.2) is 5.92 Å². The summed E-state index contributed by atoms with van der Waals surface area (Å²) in [5.74, 6) is -6.38. The molecule has 1 unspecified atom stereocenters. The largest absolute Gasteiger partial charge is 0.481 e. The minimum absolute atomic E-state index is 0.253. The molecule has 0 heterocycles. The minimum Gasteiger partial charge on any atom is -0.481 e. The fourth-order valence-electron chi connectivity index (χ4n) is 6.18. The first-order chi connectivity index (χ1) is 23.2. The fourth-order valence-corrected chi connectivity index (χ4v) is 6.18. The highest BCUT2D eigenvalue weighted by atomic mass is 16.4. The average Bonchev–Trinajstić information content (AvgIpc) is 3.03. The van der Waals surface area contributed by atoms with E-state index < -0.39 is 35.7 Å². The number of carboxylic acid groups (broad SMARTS) is 4. The molecular formula is C40H76O8. The first-order valence-electron chi connectivity index (χ1n) is 20.1. The SMILES string of the molecule is CCCCCCCCCCCCC(CC(=O)O)C(=O)O.CCCCCCCCCCCCCCCCCCCCCC(C(=O)O)C(=O)O. The number of hydrogen-bond donors (Lipinski definition) is 4. The average molecular weight is 685 g/mol. The van der Waals surface area contributed by atoms with E-state index in [4.69, 9.17) is 20.4 Å². The molecule has 0 aromatic carbocycles. The summed E-state index contributed by atoms with van der Waals surface area (Å²) in [7, 11) is 0. The van der Waals surface area contributed by atoms with E-state index in [0.29, 0.717) is 12.8 Å². The number of hydrogen-bond acceptors (Lipinski definition) is 4. The van der Waals surface area contributed by atoms with Gasteiger partial charge in [-0.15, -0.1) is 0 Å². The Morgan fingerprint density at radius 2 is 0.604 bits per heavy atom. The summed E-state index contributed by atoms with van der Waals surface area (Å²) in [6.45, 7) is 4.49.